The maximum Gasteiger partial charge on any atom is 0.312 e. The highest BCUT2D eigenvalue weighted by atomic mass is 16.5. The van der Waals surface area contributed by atoms with Gasteiger partial charge in [0.2, 0.25) is 0 Å². The molecule has 0 spiro atoms. The zero-order valence-electron chi connectivity index (χ0n) is 26.1. The first-order valence-corrected chi connectivity index (χ1v) is 16.0. The summed E-state index contributed by atoms with van der Waals surface area (Å²) in [5.41, 5.74) is 7.52. The van der Waals surface area contributed by atoms with Crippen molar-refractivity contribution < 1.29 is 24.1 Å². The summed E-state index contributed by atoms with van der Waals surface area (Å²) in [6, 6.07) is 17.2. The number of aliphatic carboxylic acids is 1. The molecule has 1 N–H and O–H groups in total. The Morgan fingerprint density at radius 2 is 1.93 bits per heavy atom. The molecule has 1 saturated carbocycles. The van der Waals surface area contributed by atoms with Crippen molar-refractivity contribution in [1.29, 1.82) is 0 Å². The van der Waals surface area contributed by atoms with Crippen LogP contribution in [0.15, 0.2) is 48.5 Å². The first-order chi connectivity index (χ1) is 21.4. The average Bonchev–Trinajstić information content (AvgIpc) is 3.69. The van der Waals surface area contributed by atoms with Gasteiger partial charge in [-0.25, -0.2) is 4.98 Å². The molecule has 3 aromatic rings. The Morgan fingerprint density at radius 3 is 2.73 bits per heavy atom. The summed E-state index contributed by atoms with van der Waals surface area (Å²) in [4.78, 5) is 22.1. The number of aromatic nitrogens is 1. The topological polar surface area (TPSA) is 84.4 Å². The van der Waals surface area contributed by atoms with Gasteiger partial charge in [-0.3, -0.25) is 9.69 Å². The minimum atomic E-state index is -0.735. The highest BCUT2D eigenvalue weighted by Gasteiger charge is 2.71. The number of methoxy groups -OCH3 is 1. The zero-order valence-corrected chi connectivity index (χ0v) is 26.1. The van der Waals surface area contributed by atoms with E-state index in [1.165, 1.54) is 22.3 Å². The molecule has 232 valence electrons. The van der Waals surface area contributed by atoms with E-state index in [4.69, 9.17) is 19.2 Å². The largest absolute Gasteiger partial charge is 0.488 e. The highest BCUT2D eigenvalue weighted by Crippen LogP contribution is 2.62. The van der Waals surface area contributed by atoms with Crippen LogP contribution in [0.4, 0.5) is 5.82 Å². The number of benzene rings is 2. The number of carboxylic acids is 1. The Labute approximate surface area is 259 Å². The lowest BCUT2D eigenvalue weighted by molar-refractivity contribution is -0.144. The molecule has 3 atom stereocenters. The van der Waals surface area contributed by atoms with E-state index in [1.807, 2.05) is 24.3 Å². The van der Waals surface area contributed by atoms with Gasteiger partial charge in [-0.2, -0.15) is 0 Å². The number of carbonyl (C=O) groups is 1. The summed E-state index contributed by atoms with van der Waals surface area (Å²) in [7, 11) is 1.63. The molecule has 1 aliphatic carbocycles. The summed E-state index contributed by atoms with van der Waals surface area (Å²) in [6.45, 7) is 9.71. The quantitative estimate of drug-likeness (QED) is 0.351. The normalized spacial score (nSPS) is 25.0. The molecule has 0 radical (unpaired) electrons. The average molecular weight is 598 g/mol. The van der Waals surface area contributed by atoms with Crippen LogP contribution >= 0.6 is 0 Å². The number of ether oxygens (including phenoxy) is 3. The molecule has 0 bridgehead atoms. The summed E-state index contributed by atoms with van der Waals surface area (Å²) < 4.78 is 17.7. The van der Waals surface area contributed by atoms with Crippen LogP contribution in [-0.2, 0) is 33.8 Å². The van der Waals surface area contributed by atoms with E-state index in [2.05, 4.69) is 47.9 Å². The molecule has 1 aromatic heterocycles. The fourth-order valence-corrected chi connectivity index (χ4v) is 8.03. The van der Waals surface area contributed by atoms with E-state index in [-0.39, 0.29) is 12.0 Å². The number of aryl methyl sites for hydroxylation is 2. The fourth-order valence-electron chi connectivity index (χ4n) is 8.03. The zero-order chi connectivity index (χ0) is 30.4. The van der Waals surface area contributed by atoms with Crippen LogP contribution in [0.2, 0.25) is 0 Å². The van der Waals surface area contributed by atoms with Gasteiger partial charge in [0.15, 0.2) is 0 Å². The Kier molecular flexibility index (Phi) is 7.85. The molecular weight excluding hydrogens is 554 g/mol. The predicted molar refractivity (Wildman–Crippen MR) is 169 cm³/mol. The maximum absolute atomic E-state index is 12.2. The van der Waals surface area contributed by atoms with Crippen molar-refractivity contribution >= 4 is 11.8 Å². The van der Waals surface area contributed by atoms with Gasteiger partial charge >= 0.3 is 5.97 Å². The van der Waals surface area contributed by atoms with Crippen molar-refractivity contribution in [3.05, 3.63) is 76.3 Å². The number of nitrogens with zero attached hydrogens (tertiary/aromatic N) is 3. The van der Waals surface area contributed by atoms with Gasteiger partial charge in [0.1, 0.15) is 18.2 Å². The number of pyridine rings is 1. The number of rotatable bonds is 9. The molecule has 4 heterocycles. The molecule has 0 amide bonds. The number of carboxylic acid groups (broad SMARTS) is 1. The third-order valence-electron chi connectivity index (χ3n) is 10.5. The van der Waals surface area contributed by atoms with Crippen LogP contribution in [0.5, 0.6) is 5.75 Å². The Hall–Kier alpha value is -3.46. The van der Waals surface area contributed by atoms with Gasteiger partial charge in [0, 0.05) is 51.6 Å². The Balaban J connectivity index is 1.10. The number of piperidine rings is 1. The van der Waals surface area contributed by atoms with Crippen molar-refractivity contribution in [3.63, 3.8) is 0 Å². The van der Waals surface area contributed by atoms with E-state index < -0.39 is 11.4 Å². The second-order valence-corrected chi connectivity index (χ2v) is 13.1. The molecule has 2 aromatic carbocycles. The number of hydrogen-bond donors (Lipinski definition) is 1. The second kappa shape index (κ2) is 11.8. The number of anilines is 1. The molecular formula is C36H43N3O5. The first kappa shape index (κ1) is 29.3. The second-order valence-electron chi connectivity index (χ2n) is 13.1. The molecule has 3 fully saturated rings. The number of para-hydroxylation sites is 1. The molecule has 7 rings (SSSR count). The maximum atomic E-state index is 12.2. The smallest absolute Gasteiger partial charge is 0.312 e. The van der Waals surface area contributed by atoms with E-state index in [0.29, 0.717) is 32.2 Å². The highest BCUT2D eigenvalue weighted by molar-refractivity contribution is 5.82. The van der Waals surface area contributed by atoms with Crippen molar-refractivity contribution in [2.24, 2.45) is 11.3 Å². The fraction of sp³-hybridized carbons (Fsp3) is 0.500. The van der Waals surface area contributed by atoms with Gasteiger partial charge in [0.05, 0.1) is 23.8 Å². The van der Waals surface area contributed by atoms with Crippen molar-refractivity contribution in [2.75, 3.05) is 44.9 Å². The molecule has 8 nitrogen and oxygen atoms in total. The lowest BCUT2D eigenvalue weighted by Gasteiger charge is -2.38. The van der Waals surface area contributed by atoms with Crippen LogP contribution < -0.4 is 9.64 Å². The molecule has 3 aliphatic heterocycles. The molecule has 4 aliphatic rings. The molecule has 44 heavy (non-hydrogen) atoms. The third kappa shape index (κ3) is 5.17. The molecule has 8 heteroatoms. The van der Waals surface area contributed by atoms with Gasteiger partial charge in [-0.15, -0.1) is 0 Å². The Bertz CT molecular complexity index is 1550. The minimum Gasteiger partial charge on any atom is -0.488 e. The van der Waals surface area contributed by atoms with Gasteiger partial charge in [-0.1, -0.05) is 30.3 Å². The third-order valence-corrected chi connectivity index (χ3v) is 10.5. The lowest BCUT2D eigenvalue weighted by Crippen LogP contribution is -2.43. The predicted octanol–water partition coefficient (Wildman–Crippen LogP) is 5.41. The number of fused-ring (bicyclic) bond motifs is 2. The van der Waals surface area contributed by atoms with Crippen LogP contribution in [0, 0.1) is 25.2 Å². The molecule has 1 unspecified atom stereocenters. The van der Waals surface area contributed by atoms with Crippen molar-refractivity contribution in [1.82, 2.24) is 9.88 Å². The van der Waals surface area contributed by atoms with E-state index >= 15 is 0 Å². The van der Waals surface area contributed by atoms with Crippen LogP contribution in [0.1, 0.15) is 47.1 Å². The van der Waals surface area contributed by atoms with Crippen LogP contribution in [0.3, 0.4) is 0 Å². The van der Waals surface area contributed by atoms with E-state index in [0.717, 1.165) is 74.0 Å². The molecule has 2 saturated heterocycles. The Morgan fingerprint density at radius 1 is 1.11 bits per heavy atom. The summed E-state index contributed by atoms with van der Waals surface area (Å²) in [5.74, 6) is 1.02. The first-order valence-electron chi connectivity index (χ1n) is 16.0. The monoisotopic (exact) mass is 597 g/mol. The summed E-state index contributed by atoms with van der Waals surface area (Å²) >= 11 is 0. The van der Waals surface area contributed by atoms with Gasteiger partial charge in [-0.05, 0) is 91.5 Å². The summed E-state index contributed by atoms with van der Waals surface area (Å²) in [6.07, 6.45) is 4.04. The number of hydrogen-bond acceptors (Lipinski definition) is 7. The summed E-state index contributed by atoms with van der Waals surface area (Å²) in [5, 5.41) is 10.1. The van der Waals surface area contributed by atoms with Crippen molar-refractivity contribution in [3.8, 4) is 17.0 Å². The van der Waals surface area contributed by atoms with E-state index in [9.17, 15) is 9.90 Å². The standard InChI is InChI=1S/C36H43N3O5/c1-23-6-4-7-29(31-8-5-9-33(37-31)39-19-27-18-36(27,35(40)41)32(39)22-42-3)34(23)44-21-25-16-24(2)30-20-38(13-10-26(30)17-25)28-11-14-43-15-12-28/h4-9,16-17,27-28,32H,10-15,18-22H2,1-3H3,(H,40,41)/t27?,32-,36+/m0/s1. The van der Waals surface area contributed by atoms with Crippen LogP contribution in [0.25, 0.3) is 11.3 Å². The van der Waals surface area contributed by atoms with Crippen molar-refractivity contribution in [2.45, 2.75) is 64.8 Å². The van der Waals surface area contributed by atoms with Gasteiger partial charge < -0.3 is 24.2 Å². The SMILES string of the molecule is COC[C@@H]1N(c2cccc(-c3cccc(C)c3OCc3cc(C)c4c(c3)CCN(C3CCOCC3)C4)n2)CC2C[C@@]21C(=O)O. The van der Waals surface area contributed by atoms with Crippen LogP contribution in [-0.4, -0.2) is 73.1 Å². The van der Waals surface area contributed by atoms with E-state index in [1.54, 1.807) is 7.11 Å². The van der Waals surface area contributed by atoms with Gasteiger partial charge in [0.25, 0.3) is 0 Å². The lowest BCUT2D eigenvalue weighted by atomic mass is 9.91. The minimum absolute atomic E-state index is 0.133.